The smallest absolute Gasteiger partial charge is 0.227 e. The fraction of sp³-hybridized carbons (Fsp3) is 0.227. The summed E-state index contributed by atoms with van der Waals surface area (Å²) in [6.45, 7) is 0.647. The molecular weight excluding hydrogens is 340 g/mol. The summed E-state index contributed by atoms with van der Waals surface area (Å²) in [5, 5.41) is 10.1. The van der Waals surface area contributed by atoms with Crippen molar-refractivity contribution in [1.82, 2.24) is 0 Å². The van der Waals surface area contributed by atoms with Crippen molar-refractivity contribution >= 4 is 11.6 Å². The average Bonchev–Trinajstić information content (AvgIpc) is 3.26. The van der Waals surface area contributed by atoms with Gasteiger partial charge in [-0.1, -0.05) is 48.5 Å². The van der Waals surface area contributed by atoms with Crippen LogP contribution in [0, 0.1) is 0 Å². The average molecular weight is 362 g/mol. The van der Waals surface area contributed by atoms with Crippen LogP contribution in [0.15, 0.2) is 65.5 Å². The lowest BCUT2D eigenvalue weighted by molar-refractivity contribution is -0.121. The zero-order chi connectivity index (χ0) is 19.0. The van der Waals surface area contributed by atoms with E-state index in [0.717, 1.165) is 33.5 Å². The highest BCUT2D eigenvalue weighted by molar-refractivity contribution is 5.84. The van der Waals surface area contributed by atoms with Gasteiger partial charge in [0.05, 0.1) is 17.7 Å². The number of aliphatic hydroxyl groups excluding tert-OH is 1. The highest BCUT2D eigenvalue weighted by atomic mass is 16.3. The van der Waals surface area contributed by atoms with Crippen LogP contribution >= 0.6 is 0 Å². The number of fused-ring (bicyclic) bond motifs is 1. The third kappa shape index (κ3) is 3.22. The largest absolute Gasteiger partial charge is 0.470 e. The maximum absolute atomic E-state index is 11.7. The third-order valence-electron chi connectivity index (χ3n) is 5.22. The Bertz CT molecular complexity index is 965. The SMILES string of the molecule is CN(Cc1ccc2c(c1)[C@@H](C(N)=O)[C@H](O)C2)c1cocc1-c1ccccc1. The third-order valence-corrected chi connectivity index (χ3v) is 5.22. The van der Waals surface area contributed by atoms with Gasteiger partial charge in [0.1, 0.15) is 12.5 Å². The molecule has 0 saturated heterocycles. The van der Waals surface area contributed by atoms with Crippen LogP contribution in [-0.4, -0.2) is 24.2 Å². The Kier molecular flexibility index (Phi) is 4.46. The van der Waals surface area contributed by atoms with E-state index < -0.39 is 17.9 Å². The number of primary amides is 1. The Morgan fingerprint density at radius 2 is 2.00 bits per heavy atom. The first kappa shape index (κ1) is 17.4. The molecule has 5 heteroatoms. The summed E-state index contributed by atoms with van der Waals surface area (Å²) in [6.07, 6.45) is 3.23. The van der Waals surface area contributed by atoms with Crippen LogP contribution < -0.4 is 10.6 Å². The predicted molar refractivity (Wildman–Crippen MR) is 104 cm³/mol. The minimum Gasteiger partial charge on any atom is -0.470 e. The summed E-state index contributed by atoms with van der Waals surface area (Å²) in [4.78, 5) is 13.8. The Hall–Kier alpha value is -3.05. The van der Waals surface area contributed by atoms with Crippen LogP contribution in [0.3, 0.4) is 0 Å². The van der Waals surface area contributed by atoms with Gasteiger partial charge in [0.15, 0.2) is 0 Å². The molecule has 1 aliphatic rings. The van der Waals surface area contributed by atoms with E-state index in [9.17, 15) is 9.90 Å². The van der Waals surface area contributed by atoms with E-state index in [-0.39, 0.29) is 0 Å². The highest BCUT2D eigenvalue weighted by Gasteiger charge is 2.35. The molecule has 0 bridgehead atoms. The van der Waals surface area contributed by atoms with Crippen LogP contribution in [0.4, 0.5) is 5.69 Å². The van der Waals surface area contributed by atoms with E-state index >= 15 is 0 Å². The zero-order valence-corrected chi connectivity index (χ0v) is 15.1. The molecule has 4 rings (SSSR count). The normalized spacial score (nSPS) is 18.3. The Labute approximate surface area is 158 Å². The minimum atomic E-state index is -0.732. The number of aliphatic hydroxyl groups is 1. The Morgan fingerprint density at radius 3 is 2.74 bits per heavy atom. The van der Waals surface area contributed by atoms with Crippen LogP contribution in [-0.2, 0) is 17.8 Å². The second-order valence-corrected chi connectivity index (χ2v) is 7.08. The lowest BCUT2D eigenvalue weighted by Crippen LogP contribution is -2.28. The van der Waals surface area contributed by atoms with Crippen LogP contribution in [0.2, 0.25) is 0 Å². The first-order valence-electron chi connectivity index (χ1n) is 8.96. The van der Waals surface area contributed by atoms with Gasteiger partial charge < -0.3 is 20.2 Å². The molecule has 0 fully saturated rings. The first-order valence-corrected chi connectivity index (χ1v) is 8.96. The van der Waals surface area contributed by atoms with Gasteiger partial charge in [-0.15, -0.1) is 0 Å². The van der Waals surface area contributed by atoms with E-state index in [1.165, 1.54) is 0 Å². The predicted octanol–water partition coefficient (Wildman–Crippen LogP) is 3.07. The van der Waals surface area contributed by atoms with E-state index in [2.05, 4.69) is 17.0 Å². The lowest BCUT2D eigenvalue weighted by atomic mass is 9.97. The summed E-state index contributed by atoms with van der Waals surface area (Å²) in [5.74, 6) is -1.10. The molecule has 2 atom stereocenters. The standard InChI is InChI=1S/C22H22N2O3/c1-24(19-13-27-12-18(19)15-5-3-2-4-6-15)11-14-7-8-16-10-20(25)21(22(23)26)17(16)9-14/h2-9,12-13,20-21,25H,10-11H2,1H3,(H2,23,26)/t20-,21-/m1/s1. The summed E-state index contributed by atoms with van der Waals surface area (Å²) >= 11 is 0. The molecular formula is C22H22N2O3. The molecule has 0 spiro atoms. The molecule has 0 unspecified atom stereocenters. The molecule has 3 aromatic rings. The summed E-state index contributed by atoms with van der Waals surface area (Å²) in [6, 6.07) is 16.1. The van der Waals surface area contributed by atoms with Crippen molar-refractivity contribution in [3.8, 4) is 11.1 Å². The highest BCUT2D eigenvalue weighted by Crippen LogP contribution is 2.35. The number of benzene rings is 2. The number of nitrogens with zero attached hydrogens (tertiary/aromatic N) is 1. The molecule has 1 heterocycles. The van der Waals surface area contributed by atoms with Crippen LogP contribution in [0.25, 0.3) is 11.1 Å². The van der Waals surface area contributed by atoms with Crippen molar-refractivity contribution in [3.05, 3.63) is 77.7 Å². The van der Waals surface area contributed by atoms with E-state index in [1.807, 2.05) is 43.4 Å². The number of hydrogen-bond donors (Lipinski definition) is 2. The van der Waals surface area contributed by atoms with E-state index in [1.54, 1.807) is 12.5 Å². The lowest BCUT2D eigenvalue weighted by Gasteiger charge is -2.20. The number of furan rings is 1. The fourth-order valence-corrected chi connectivity index (χ4v) is 3.89. The molecule has 0 aliphatic heterocycles. The quantitative estimate of drug-likeness (QED) is 0.731. The second-order valence-electron chi connectivity index (χ2n) is 7.08. The van der Waals surface area contributed by atoms with Gasteiger partial charge in [-0.05, 0) is 28.7 Å². The van der Waals surface area contributed by atoms with Gasteiger partial charge in [-0.3, -0.25) is 4.79 Å². The van der Waals surface area contributed by atoms with E-state index in [4.69, 9.17) is 10.2 Å². The van der Waals surface area contributed by atoms with Crippen molar-refractivity contribution in [2.75, 3.05) is 11.9 Å². The van der Waals surface area contributed by atoms with Crippen molar-refractivity contribution in [2.24, 2.45) is 5.73 Å². The summed E-state index contributed by atoms with van der Waals surface area (Å²) < 4.78 is 5.46. The molecule has 5 nitrogen and oxygen atoms in total. The molecule has 0 saturated carbocycles. The molecule has 2 aromatic carbocycles. The Morgan fingerprint density at radius 1 is 1.22 bits per heavy atom. The van der Waals surface area contributed by atoms with Crippen molar-refractivity contribution in [2.45, 2.75) is 25.0 Å². The van der Waals surface area contributed by atoms with Gasteiger partial charge in [-0.2, -0.15) is 0 Å². The molecule has 27 heavy (non-hydrogen) atoms. The molecule has 1 aliphatic carbocycles. The van der Waals surface area contributed by atoms with Gasteiger partial charge >= 0.3 is 0 Å². The monoisotopic (exact) mass is 362 g/mol. The van der Waals surface area contributed by atoms with Gasteiger partial charge in [0.2, 0.25) is 5.91 Å². The number of rotatable bonds is 5. The second kappa shape index (κ2) is 6.93. The van der Waals surface area contributed by atoms with Crippen LogP contribution in [0.1, 0.15) is 22.6 Å². The summed E-state index contributed by atoms with van der Waals surface area (Å²) in [7, 11) is 2.00. The van der Waals surface area contributed by atoms with Gasteiger partial charge in [0, 0.05) is 19.2 Å². The number of amides is 1. The van der Waals surface area contributed by atoms with Crippen molar-refractivity contribution in [3.63, 3.8) is 0 Å². The number of nitrogens with two attached hydrogens (primary N) is 1. The minimum absolute atomic E-state index is 0.471. The van der Waals surface area contributed by atoms with Gasteiger partial charge in [-0.25, -0.2) is 0 Å². The molecule has 3 N–H and O–H groups in total. The zero-order valence-electron chi connectivity index (χ0n) is 15.1. The number of anilines is 1. The maximum atomic E-state index is 11.7. The van der Waals surface area contributed by atoms with Crippen molar-refractivity contribution < 1.29 is 14.3 Å². The number of carbonyl (C=O) groups excluding carboxylic acids is 1. The van der Waals surface area contributed by atoms with Crippen LogP contribution in [0.5, 0.6) is 0 Å². The topological polar surface area (TPSA) is 79.7 Å². The molecule has 1 amide bonds. The fourth-order valence-electron chi connectivity index (χ4n) is 3.89. The summed E-state index contributed by atoms with van der Waals surface area (Å²) in [5.41, 5.74) is 11.5. The van der Waals surface area contributed by atoms with E-state index in [0.29, 0.717) is 13.0 Å². The molecule has 1 aromatic heterocycles. The maximum Gasteiger partial charge on any atom is 0.227 e. The molecule has 138 valence electrons. The number of carbonyl (C=O) groups is 1. The Balaban J connectivity index is 1.60. The van der Waals surface area contributed by atoms with Gasteiger partial charge in [0.25, 0.3) is 0 Å². The molecule has 0 radical (unpaired) electrons. The van der Waals surface area contributed by atoms with Crippen molar-refractivity contribution in [1.29, 1.82) is 0 Å². The number of hydrogen-bond acceptors (Lipinski definition) is 4. The first-order chi connectivity index (χ1) is 13.0.